The zero-order valence-corrected chi connectivity index (χ0v) is 13.7. The number of amides is 1. The van der Waals surface area contributed by atoms with Crippen LogP contribution in [0.2, 0.25) is 0 Å². The molecular weight excluding hydrogens is 321 g/mol. The fourth-order valence-electron chi connectivity index (χ4n) is 1.77. The number of benzene rings is 1. The van der Waals surface area contributed by atoms with Crippen LogP contribution in [0.1, 0.15) is 23.5 Å². The summed E-state index contributed by atoms with van der Waals surface area (Å²) >= 11 is 1.17. The van der Waals surface area contributed by atoms with E-state index in [4.69, 9.17) is 4.74 Å². The lowest BCUT2D eigenvalue weighted by molar-refractivity contribution is -0.128. The van der Waals surface area contributed by atoms with E-state index in [1.807, 2.05) is 0 Å². The third-order valence-electron chi connectivity index (χ3n) is 3.02. The molecule has 0 spiro atoms. The van der Waals surface area contributed by atoms with Gasteiger partial charge < -0.3 is 14.8 Å². The highest BCUT2D eigenvalue weighted by molar-refractivity contribution is 7.12. The molecule has 0 aliphatic rings. The van der Waals surface area contributed by atoms with Crippen LogP contribution in [0.3, 0.4) is 0 Å². The molecule has 0 aliphatic heterocycles. The molecule has 1 amide bonds. The molecule has 1 aromatic carbocycles. The Bertz CT molecular complexity index is 709. The van der Waals surface area contributed by atoms with Crippen molar-refractivity contribution in [3.8, 4) is 5.75 Å². The largest absolute Gasteiger partial charge is 0.478 e. The van der Waals surface area contributed by atoms with Gasteiger partial charge in [0.25, 0.3) is 5.91 Å². The monoisotopic (exact) mass is 337 g/mol. The first-order chi connectivity index (χ1) is 10.8. The Morgan fingerprint density at radius 2 is 1.83 bits per heavy atom. The predicted octanol–water partition coefficient (Wildman–Crippen LogP) is 3.47. The summed E-state index contributed by atoms with van der Waals surface area (Å²) in [5, 5.41) is 4.33. The Kier molecular flexibility index (Phi) is 5.00. The van der Waals surface area contributed by atoms with E-state index in [1.54, 1.807) is 25.3 Å². The van der Waals surface area contributed by atoms with Gasteiger partial charge in [-0.1, -0.05) is 0 Å². The zero-order chi connectivity index (χ0) is 17.0. The molecule has 0 bridgehead atoms. The van der Waals surface area contributed by atoms with Crippen LogP contribution in [0, 0.1) is 5.82 Å². The van der Waals surface area contributed by atoms with Crippen molar-refractivity contribution in [1.29, 1.82) is 0 Å². The number of halogens is 1. The molecule has 1 heterocycles. The first-order valence-corrected chi connectivity index (χ1v) is 7.63. The van der Waals surface area contributed by atoms with E-state index in [0.717, 1.165) is 0 Å². The van der Waals surface area contributed by atoms with Crippen molar-refractivity contribution in [2.24, 2.45) is 0 Å². The summed E-state index contributed by atoms with van der Waals surface area (Å²) in [6.45, 7) is 3.16. The van der Waals surface area contributed by atoms with E-state index in [9.17, 15) is 14.0 Å². The van der Waals surface area contributed by atoms with Crippen LogP contribution in [0.15, 0.2) is 35.7 Å². The van der Waals surface area contributed by atoms with Gasteiger partial charge in [-0.25, -0.2) is 9.18 Å². The predicted molar refractivity (Wildman–Crippen MR) is 85.4 cm³/mol. The van der Waals surface area contributed by atoms with Crippen LogP contribution in [-0.2, 0) is 9.53 Å². The van der Waals surface area contributed by atoms with Gasteiger partial charge >= 0.3 is 5.97 Å². The molecule has 0 saturated heterocycles. The molecule has 5 nitrogen and oxygen atoms in total. The van der Waals surface area contributed by atoms with E-state index in [0.29, 0.717) is 16.3 Å². The van der Waals surface area contributed by atoms with E-state index in [-0.39, 0.29) is 5.82 Å². The Morgan fingerprint density at radius 3 is 2.43 bits per heavy atom. The number of methoxy groups -OCH3 is 1. The molecule has 23 heavy (non-hydrogen) atoms. The van der Waals surface area contributed by atoms with Crippen molar-refractivity contribution in [3.63, 3.8) is 0 Å². The summed E-state index contributed by atoms with van der Waals surface area (Å²) in [4.78, 5) is 24.3. The highest BCUT2D eigenvalue weighted by atomic mass is 32.1. The van der Waals surface area contributed by atoms with Gasteiger partial charge in [-0.2, -0.15) is 0 Å². The van der Waals surface area contributed by atoms with Gasteiger partial charge in [-0.15, -0.1) is 11.3 Å². The van der Waals surface area contributed by atoms with Crippen molar-refractivity contribution < 1.29 is 23.5 Å². The number of carbonyl (C=O) groups is 2. The summed E-state index contributed by atoms with van der Waals surface area (Å²) in [6.07, 6.45) is 0. The third-order valence-corrected chi connectivity index (χ3v) is 3.91. The highest BCUT2D eigenvalue weighted by Crippen LogP contribution is 2.25. The van der Waals surface area contributed by atoms with Gasteiger partial charge in [0.1, 0.15) is 16.4 Å². The van der Waals surface area contributed by atoms with Crippen LogP contribution >= 0.6 is 11.3 Å². The SMILES string of the molecule is COC(=O)c1sccc1NC(=O)C(C)(C)Oc1ccc(F)cc1. The number of esters is 1. The lowest BCUT2D eigenvalue weighted by atomic mass is 10.1. The van der Waals surface area contributed by atoms with Gasteiger partial charge in [-0.3, -0.25) is 4.79 Å². The summed E-state index contributed by atoms with van der Waals surface area (Å²) in [5.74, 6) is -0.983. The lowest BCUT2D eigenvalue weighted by Gasteiger charge is -2.25. The third kappa shape index (κ3) is 4.07. The Morgan fingerprint density at radius 1 is 1.17 bits per heavy atom. The van der Waals surface area contributed by atoms with Crippen molar-refractivity contribution in [2.75, 3.05) is 12.4 Å². The maximum atomic E-state index is 12.9. The topological polar surface area (TPSA) is 64.6 Å². The van der Waals surface area contributed by atoms with Gasteiger partial charge in [0.15, 0.2) is 5.60 Å². The maximum absolute atomic E-state index is 12.9. The molecule has 122 valence electrons. The van der Waals surface area contributed by atoms with Gasteiger partial charge in [0.05, 0.1) is 12.8 Å². The van der Waals surface area contributed by atoms with Crippen LogP contribution in [0.4, 0.5) is 10.1 Å². The molecule has 1 aromatic heterocycles. The second-order valence-corrected chi connectivity index (χ2v) is 6.09. The second-order valence-electron chi connectivity index (χ2n) is 5.18. The van der Waals surface area contributed by atoms with Gasteiger partial charge in [0.2, 0.25) is 0 Å². The molecular formula is C16H16FNO4S. The van der Waals surface area contributed by atoms with Crippen LogP contribution in [-0.4, -0.2) is 24.6 Å². The van der Waals surface area contributed by atoms with Crippen LogP contribution < -0.4 is 10.1 Å². The summed E-state index contributed by atoms with van der Waals surface area (Å²) in [5.41, 5.74) is -0.852. The average Bonchev–Trinajstić information content (AvgIpc) is 2.96. The summed E-state index contributed by atoms with van der Waals surface area (Å²) in [7, 11) is 1.27. The molecule has 0 atom stereocenters. The minimum atomic E-state index is -1.22. The first kappa shape index (κ1) is 17.0. The van der Waals surface area contributed by atoms with E-state index >= 15 is 0 Å². The van der Waals surface area contributed by atoms with Crippen molar-refractivity contribution in [1.82, 2.24) is 0 Å². The second kappa shape index (κ2) is 6.78. The Labute approximate surface area is 137 Å². The average molecular weight is 337 g/mol. The molecule has 1 N–H and O–H groups in total. The van der Waals surface area contributed by atoms with E-state index < -0.39 is 17.5 Å². The smallest absolute Gasteiger partial charge is 0.350 e. The van der Waals surface area contributed by atoms with E-state index in [1.165, 1.54) is 42.7 Å². The standard InChI is InChI=1S/C16H16FNO4S/c1-16(2,22-11-6-4-10(17)5-7-11)15(20)18-12-8-9-23-13(12)14(19)21-3/h4-9H,1-3H3,(H,18,20). The number of ether oxygens (including phenoxy) is 2. The number of carbonyl (C=O) groups excluding carboxylic acids is 2. The summed E-state index contributed by atoms with van der Waals surface area (Å²) < 4.78 is 23.2. The maximum Gasteiger partial charge on any atom is 0.350 e. The van der Waals surface area contributed by atoms with Crippen molar-refractivity contribution >= 4 is 28.9 Å². The van der Waals surface area contributed by atoms with Crippen LogP contribution in [0.5, 0.6) is 5.75 Å². The molecule has 0 fully saturated rings. The lowest BCUT2D eigenvalue weighted by Crippen LogP contribution is -2.42. The molecule has 0 aliphatic carbocycles. The Hall–Kier alpha value is -2.41. The highest BCUT2D eigenvalue weighted by Gasteiger charge is 2.31. The van der Waals surface area contributed by atoms with Crippen molar-refractivity contribution in [2.45, 2.75) is 19.4 Å². The van der Waals surface area contributed by atoms with Gasteiger partial charge in [0, 0.05) is 0 Å². The van der Waals surface area contributed by atoms with E-state index in [2.05, 4.69) is 10.1 Å². The normalized spacial score (nSPS) is 11.0. The fourth-order valence-corrected chi connectivity index (χ4v) is 2.54. The molecule has 2 aromatic rings. The van der Waals surface area contributed by atoms with Crippen molar-refractivity contribution in [3.05, 3.63) is 46.4 Å². The molecule has 7 heteroatoms. The van der Waals surface area contributed by atoms with Crippen LogP contribution in [0.25, 0.3) is 0 Å². The number of rotatable bonds is 5. The first-order valence-electron chi connectivity index (χ1n) is 6.75. The quantitative estimate of drug-likeness (QED) is 0.849. The minimum Gasteiger partial charge on any atom is -0.478 e. The van der Waals surface area contributed by atoms with Gasteiger partial charge in [-0.05, 0) is 49.6 Å². The minimum absolute atomic E-state index is 0.304. The number of nitrogens with one attached hydrogen (secondary N) is 1. The molecule has 0 radical (unpaired) electrons. The molecule has 0 unspecified atom stereocenters. The zero-order valence-electron chi connectivity index (χ0n) is 12.9. The number of thiophene rings is 1. The number of hydrogen-bond donors (Lipinski definition) is 1. The summed E-state index contributed by atoms with van der Waals surface area (Å²) in [6, 6.07) is 6.99. The number of hydrogen-bond acceptors (Lipinski definition) is 5. The Balaban J connectivity index is 2.11. The fraction of sp³-hybridized carbons (Fsp3) is 0.250. The molecule has 2 rings (SSSR count). The number of anilines is 1. The molecule has 0 saturated carbocycles.